The quantitative estimate of drug-likeness (QED) is 0.348. The fourth-order valence-corrected chi connectivity index (χ4v) is 7.25. The predicted octanol–water partition coefficient (Wildman–Crippen LogP) is 5.75. The third-order valence-electron chi connectivity index (χ3n) is 9.74. The molecule has 6 rings (SSSR count). The number of aromatic nitrogens is 4. The van der Waals surface area contributed by atoms with E-state index >= 15 is 8.78 Å². The Morgan fingerprint density at radius 2 is 1.75 bits per heavy atom. The van der Waals surface area contributed by atoms with Gasteiger partial charge in [0.2, 0.25) is 5.91 Å². The van der Waals surface area contributed by atoms with Gasteiger partial charge in [0.05, 0.1) is 11.6 Å². The van der Waals surface area contributed by atoms with Crippen molar-refractivity contribution in [2.45, 2.75) is 110 Å². The van der Waals surface area contributed by atoms with Crippen molar-refractivity contribution in [3.8, 4) is 11.1 Å². The molecular weight excluding hydrogens is 568 g/mol. The lowest BCUT2D eigenvalue weighted by Gasteiger charge is -2.27. The number of rotatable bonds is 4. The molecule has 2 bridgehead atoms. The van der Waals surface area contributed by atoms with Gasteiger partial charge in [0, 0.05) is 67.6 Å². The van der Waals surface area contributed by atoms with Gasteiger partial charge < -0.3 is 4.90 Å². The summed E-state index contributed by atoms with van der Waals surface area (Å²) in [4.78, 5) is 62.6. The van der Waals surface area contributed by atoms with E-state index in [1.807, 2.05) is 0 Å². The van der Waals surface area contributed by atoms with Crippen molar-refractivity contribution >= 4 is 34.2 Å². The monoisotopic (exact) mass is 605 g/mol. The van der Waals surface area contributed by atoms with E-state index in [-0.39, 0.29) is 58.0 Å². The van der Waals surface area contributed by atoms with Gasteiger partial charge in [-0.05, 0) is 62.1 Å². The van der Waals surface area contributed by atoms with Crippen molar-refractivity contribution in [3.63, 3.8) is 0 Å². The standard InChI is InChI=1S/C33H37F2N5O4/c1-4-27(43)26-14-32-11-9-23(42)8-6-5-7-10-33(34,35)25-13-21(22-16-36-20(3)37-17-22)12-24-30(19(2)41)38-39(31(24)25)18-29(44)40(26)28(32)15-32/h12-13,16-17,26,28H,4-11,14-15,18H2,1-3H3/t26-,28+,32-/m0/s1. The molecule has 0 unspecified atom stereocenters. The molecule has 1 amide bonds. The lowest BCUT2D eigenvalue weighted by molar-refractivity contribution is -0.139. The first-order valence-electron chi connectivity index (χ1n) is 15.5. The van der Waals surface area contributed by atoms with Gasteiger partial charge >= 0.3 is 0 Å². The lowest BCUT2D eigenvalue weighted by Crippen LogP contribution is -2.44. The summed E-state index contributed by atoms with van der Waals surface area (Å²) in [6.07, 6.45) is 6.60. The van der Waals surface area contributed by atoms with Crippen LogP contribution in [0.1, 0.15) is 99.9 Å². The maximum absolute atomic E-state index is 16.3. The van der Waals surface area contributed by atoms with E-state index in [4.69, 9.17) is 0 Å². The number of hydrogen-bond donors (Lipinski definition) is 0. The Hall–Kier alpha value is -3.89. The van der Waals surface area contributed by atoms with Crippen LogP contribution in [0.15, 0.2) is 24.5 Å². The summed E-state index contributed by atoms with van der Waals surface area (Å²) in [5, 5.41) is 4.67. The van der Waals surface area contributed by atoms with Crippen molar-refractivity contribution in [1.29, 1.82) is 0 Å². The molecule has 2 aromatic heterocycles. The van der Waals surface area contributed by atoms with Crippen molar-refractivity contribution in [2.75, 3.05) is 0 Å². The third-order valence-corrected chi connectivity index (χ3v) is 9.74. The highest BCUT2D eigenvalue weighted by Crippen LogP contribution is 2.62. The van der Waals surface area contributed by atoms with Crippen molar-refractivity contribution in [2.24, 2.45) is 5.41 Å². The molecular formula is C33H37F2N5O4. The molecule has 0 radical (unpaired) electrons. The molecule has 1 saturated carbocycles. The molecule has 3 aliphatic rings. The predicted molar refractivity (Wildman–Crippen MR) is 158 cm³/mol. The van der Waals surface area contributed by atoms with Crippen LogP contribution < -0.4 is 0 Å². The van der Waals surface area contributed by atoms with E-state index < -0.39 is 36.6 Å². The summed E-state index contributed by atoms with van der Waals surface area (Å²) in [5.41, 5.74) is 0.345. The average Bonchev–Trinajstić information content (AvgIpc) is 3.41. The van der Waals surface area contributed by atoms with Crippen molar-refractivity contribution in [3.05, 3.63) is 41.6 Å². The van der Waals surface area contributed by atoms with Gasteiger partial charge in [0.15, 0.2) is 11.6 Å². The van der Waals surface area contributed by atoms with Gasteiger partial charge in [-0.1, -0.05) is 13.3 Å². The van der Waals surface area contributed by atoms with Gasteiger partial charge in [0.25, 0.3) is 5.92 Å². The highest BCUT2D eigenvalue weighted by molar-refractivity contribution is 6.07. The zero-order valence-electron chi connectivity index (χ0n) is 25.4. The summed E-state index contributed by atoms with van der Waals surface area (Å²) in [6, 6.07) is 2.21. The number of benzene rings is 1. The summed E-state index contributed by atoms with van der Waals surface area (Å²) in [6.45, 7) is 4.41. The van der Waals surface area contributed by atoms with Gasteiger partial charge in [0.1, 0.15) is 23.8 Å². The number of alkyl halides is 2. The average molecular weight is 606 g/mol. The molecule has 3 aromatic rings. The molecule has 1 aliphatic carbocycles. The third kappa shape index (κ3) is 5.34. The molecule has 11 heteroatoms. The molecule has 2 fully saturated rings. The minimum Gasteiger partial charge on any atom is -0.327 e. The summed E-state index contributed by atoms with van der Waals surface area (Å²) in [7, 11) is 0. The Balaban J connectivity index is 1.50. The number of carbonyl (C=O) groups is 4. The summed E-state index contributed by atoms with van der Waals surface area (Å²) in [5.74, 6) is -3.58. The Kier molecular flexibility index (Phi) is 7.70. The Morgan fingerprint density at radius 3 is 2.45 bits per heavy atom. The van der Waals surface area contributed by atoms with E-state index in [0.717, 1.165) is 0 Å². The topological polar surface area (TPSA) is 115 Å². The van der Waals surface area contributed by atoms with Crippen LogP contribution in [-0.4, -0.2) is 60.0 Å². The second-order valence-corrected chi connectivity index (χ2v) is 12.7. The van der Waals surface area contributed by atoms with Crippen LogP contribution in [0, 0.1) is 12.3 Å². The van der Waals surface area contributed by atoms with Gasteiger partial charge in [-0.3, -0.25) is 23.9 Å². The second kappa shape index (κ2) is 11.2. The van der Waals surface area contributed by atoms with E-state index in [1.54, 1.807) is 37.2 Å². The number of piperidine rings is 1. The molecule has 232 valence electrons. The van der Waals surface area contributed by atoms with E-state index in [0.29, 0.717) is 61.9 Å². The Bertz CT molecular complexity index is 1670. The van der Waals surface area contributed by atoms with Crippen LogP contribution in [0.2, 0.25) is 0 Å². The Morgan fingerprint density at radius 1 is 1.00 bits per heavy atom. The van der Waals surface area contributed by atoms with E-state index in [1.165, 1.54) is 17.7 Å². The maximum Gasteiger partial charge on any atom is 0.275 e. The highest BCUT2D eigenvalue weighted by atomic mass is 19.3. The van der Waals surface area contributed by atoms with Gasteiger partial charge in [-0.2, -0.15) is 5.10 Å². The van der Waals surface area contributed by atoms with Crippen LogP contribution >= 0.6 is 0 Å². The van der Waals surface area contributed by atoms with Gasteiger partial charge in [-0.15, -0.1) is 0 Å². The molecule has 4 heterocycles. The molecule has 0 spiro atoms. The SMILES string of the molecule is CCC(=O)[C@@H]1C[C@]23CCC(=O)CCCCCC(F)(F)c4cc(-c5cnc(C)nc5)cc5c(C(C)=O)nn(c45)CC(=O)N1[C@@H]2C3. The van der Waals surface area contributed by atoms with Crippen molar-refractivity contribution in [1.82, 2.24) is 24.6 Å². The van der Waals surface area contributed by atoms with Crippen molar-refractivity contribution < 1.29 is 28.0 Å². The Labute approximate surface area is 254 Å². The summed E-state index contributed by atoms with van der Waals surface area (Å²) >= 11 is 0. The molecule has 9 nitrogen and oxygen atoms in total. The van der Waals surface area contributed by atoms with Crippen LogP contribution in [-0.2, 0) is 26.9 Å². The number of halogens is 2. The molecule has 1 aromatic carbocycles. The first-order chi connectivity index (χ1) is 20.9. The fraction of sp³-hybridized carbons (Fsp3) is 0.545. The molecule has 44 heavy (non-hydrogen) atoms. The number of carbonyl (C=O) groups excluding carboxylic acids is 4. The van der Waals surface area contributed by atoms with Crippen LogP contribution in [0.25, 0.3) is 22.0 Å². The number of aryl methyl sites for hydroxylation is 1. The van der Waals surface area contributed by atoms with Crippen LogP contribution in [0.5, 0.6) is 0 Å². The van der Waals surface area contributed by atoms with E-state index in [2.05, 4.69) is 15.1 Å². The smallest absolute Gasteiger partial charge is 0.275 e. The number of amides is 1. The summed E-state index contributed by atoms with van der Waals surface area (Å²) < 4.78 is 33.7. The largest absolute Gasteiger partial charge is 0.327 e. The number of Topliss-reactive ketones (excluding diaryl/α,β-unsaturated/α-hetero) is 3. The van der Waals surface area contributed by atoms with E-state index in [9.17, 15) is 19.2 Å². The molecule has 3 atom stereocenters. The normalized spacial score (nSPS) is 25.5. The first kappa shape index (κ1) is 30.1. The zero-order valence-corrected chi connectivity index (χ0v) is 25.4. The second-order valence-electron chi connectivity index (χ2n) is 12.7. The molecule has 2 aliphatic heterocycles. The molecule has 1 saturated heterocycles. The minimum atomic E-state index is -3.33. The van der Waals surface area contributed by atoms with Crippen LogP contribution in [0.3, 0.4) is 0 Å². The fourth-order valence-electron chi connectivity index (χ4n) is 7.25. The first-order valence-corrected chi connectivity index (χ1v) is 15.5. The minimum absolute atomic E-state index is 0.00368. The molecule has 0 N–H and O–H groups in total. The maximum atomic E-state index is 16.3. The number of nitrogens with zero attached hydrogens (tertiary/aromatic N) is 5. The highest BCUT2D eigenvalue weighted by Gasteiger charge is 2.66. The van der Waals surface area contributed by atoms with Gasteiger partial charge in [-0.25, -0.2) is 18.7 Å². The number of ketones is 3. The zero-order chi connectivity index (χ0) is 31.4. The number of hydrogen-bond acceptors (Lipinski definition) is 7. The lowest BCUT2D eigenvalue weighted by atomic mass is 9.90. The van der Waals surface area contributed by atoms with Crippen LogP contribution in [0.4, 0.5) is 8.78 Å².